The lowest BCUT2D eigenvalue weighted by Crippen LogP contribution is -2.32. The van der Waals surface area contributed by atoms with Crippen LogP contribution in [0.1, 0.15) is 44.6 Å². The van der Waals surface area contributed by atoms with Gasteiger partial charge in [0.1, 0.15) is 5.69 Å². The maximum Gasteiger partial charge on any atom is 0.372 e. The third-order valence-corrected chi connectivity index (χ3v) is 5.48. The monoisotopic (exact) mass is 570 g/mol. The van der Waals surface area contributed by atoms with Crippen LogP contribution in [0.4, 0.5) is 17.3 Å². The molecule has 0 fully saturated rings. The van der Waals surface area contributed by atoms with Gasteiger partial charge in [-0.05, 0) is 6.07 Å². The number of nitrogens with two attached hydrogens (primary N) is 1. The molecule has 3 aromatic rings. The van der Waals surface area contributed by atoms with Gasteiger partial charge in [0.2, 0.25) is 23.5 Å². The normalized spacial score (nSPS) is 10.5. The highest BCUT2D eigenvalue weighted by atomic mass is 16.4. The summed E-state index contributed by atoms with van der Waals surface area (Å²) in [6.45, 7) is 0.154. The fourth-order valence-electron chi connectivity index (χ4n) is 3.61. The quantitative estimate of drug-likeness (QED) is 0.0974. The predicted octanol–water partition coefficient (Wildman–Crippen LogP) is -0.987. The number of hydrogen-bond acceptors (Lipinski definition) is 8. The van der Waals surface area contributed by atoms with E-state index in [0.29, 0.717) is 5.69 Å². The Morgan fingerprint density at radius 2 is 1.34 bits per heavy atom. The summed E-state index contributed by atoms with van der Waals surface area (Å²) in [5, 5.41) is 28.9. The molecule has 3 rings (SSSR count). The smallest absolute Gasteiger partial charge is 0.372 e. The van der Waals surface area contributed by atoms with E-state index in [-0.39, 0.29) is 66.8 Å². The SMILES string of the molecule is Cn1cc(NC(=O)c2nc(NC(=O)CCNC(=N)N)cn2C)cc1C(=O)NCCC(=O)Nc1cn(C)c(C(=O)O)n1. The van der Waals surface area contributed by atoms with Crippen molar-refractivity contribution >= 4 is 52.9 Å². The van der Waals surface area contributed by atoms with Gasteiger partial charge in [0, 0.05) is 65.7 Å². The molecule has 0 aliphatic carbocycles. The minimum absolute atomic E-state index is 0.00593. The number of guanidine groups is 1. The standard InChI is InChI=1S/C23H30N12O6/c1-33-9-12(28-21(39)18-31-14(10-34(18)2)29-17(37)5-7-27-23(24)25)8-13(33)20(38)26-6-4-16(36)30-15-11-35(3)19(32-15)22(40)41/h8-11H,4-7H2,1-3H3,(H,26,38)(H,28,39)(H,29,37)(H,30,36)(H,40,41)(H4,24,25,27). The van der Waals surface area contributed by atoms with Gasteiger partial charge in [-0.15, -0.1) is 0 Å². The minimum atomic E-state index is -1.23. The topological polar surface area (TPSA) is 256 Å². The molecule has 18 nitrogen and oxygen atoms in total. The molecule has 0 aliphatic rings. The highest BCUT2D eigenvalue weighted by Gasteiger charge is 2.19. The number of carboxylic acids is 1. The molecule has 18 heteroatoms. The van der Waals surface area contributed by atoms with Gasteiger partial charge in [0.25, 0.3) is 11.8 Å². The van der Waals surface area contributed by atoms with Crippen LogP contribution in [0.15, 0.2) is 24.7 Å². The summed E-state index contributed by atoms with van der Waals surface area (Å²) in [5.74, 6) is -3.41. The van der Waals surface area contributed by atoms with Gasteiger partial charge >= 0.3 is 5.97 Å². The summed E-state index contributed by atoms with van der Waals surface area (Å²) in [6, 6.07) is 1.45. The maximum atomic E-state index is 12.8. The number of aromatic nitrogens is 5. The van der Waals surface area contributed by atoms with Crippen LogP contribution >= 0.6 is 0 Å². The van der Waals surface area contributed by atoms with Crippen molar-refractivity contribution in [3.63, 3.8) is 0 Å². The first-order valence-electron chi connectivity index (χ1n) is 12.1. The predicted molar refractivity (Wildman–Crippen MR) is 145 cm³/mol. The molecule has 0 atom stereocenters. The molecule has 0 spiro atoms. The number of aryl methyl sites for hydroxylation is 3. The summed E-state index contributed by atoms with van der Waals surface area (Å²) < 4.78 is 4.17. The van der Waals surface area contributed by atoms with Crippen molar-refractivity contribution < 1.29 is 29.1 Å². The molecule has 218 valence electrons. The van der Waals surface area contributed by atoms with E-state index in [1.54, 1.807) is 14.1 Å². The van der Waals surface area contributed by atoms with Crippen molar-refractivity contribution in [3.05, 3.63) is 42.0 Å². The lowest BCUT2D eigenvalue weighted by atomic mass is 10.3. The fraction of sp³-hybridized carbons (Fsp3) is 0.304. The number of rotatable bonds is 12. The van der Waals surface area contributed by atoms with Crippen molar-refractivity contribution in [1.82, 2.24) is 34.3 Å². The van der Waals surface area contributed by atoms with Gasteiger partial charge < -0.3 is 51.1 Å². The van der Waals surface area contributed by atoms with Crippen LogP contribution in [0.2, 0.25) is 0 Å². The first-order chi connectivity index (χ1) is 19.3. The number of hydrogen-bond donors (Lipinski definition) is 8. The summed E-state index contributed by atoms with van der Waals surface area (Å²) in [5.41, 5.74) is 5.70. The number of nitrogens with one attached hydrogen (secondary N) is 6. The third-order valence-electron chi connectivity index (χ3n) is 5.48. The average Bonchev–Trinajstić information content (AvgIpc) is 3.54. The number of anilines is 3. The van der Waals surface area contributed by atoms with E-state index in [2.05, 4.69) is 36.6 Å². The van der Waals surface area contributed by atoms with Crippen molar-refractivity contribution in [2.45, 2.75) is 12.8 Å². The Kier molecular flexibility index (Phi) is 9.41. The first-order valence-corrected chi connectivity index (χ1v) is 12.1. The molecule has 0 aromatic carbocycles. The number of amides is 4. The Morgan fingerprint density at radius 1 is 0.805 bits per heavy atom. The van der Waals surface area contributed by atoms with Gasteiger partial charge in [-0.2, -0.15) is 0 Å². The third kappa shape index (κ3) is 8.15. The molecular weight excluding hydrogens is 540 g/mol. The zero-order chi connectivity index (χ0) is 30.3. The van der Waals surface area contributed by atoms with Gasteiger partial charge in [0.05, 0.1) is 5.69 Å². The lowest BCUT2D eigenvalue weighted by molar-refractivity contribution is -0.116. The van der Waals surface area contributed by atoms with Crippen molar-refractivity contribution in [1.29, 1.82) is 5.41 Å². The molecule has 0 aliphatic heterocycles. The van der Waals surface area contributed by atoms with E-state index < -0.39 is 23.7 Å². The number of imidazole rings is 2. The maximum absolute atomic E-state index is 12.8. The van der Waals surface area contributed by atoms with Crippen molar-refractivity contribution in [2.24, 2.45) is 26.9 Å². The largest absolute Gasteiger partial charge is 0.475 e. The molecule has 0 saturated carbocycles. The first kappa shape index (κ1) is 29.9. The molecule has 0 unspecified atom stereocenters. The fourth-order valence-corrected chi connectivity index (χ4v) is 3.61. The van der Waals surface area contributed by atoms with E-state index in [4.69, 9.17) is 16.2 Å². The molecule has 0 radical (unpaired) electrons. The Hall–Kier alpha value is -5.68. The van der Waals surface area contributed by atoms with Gasteiger partial charge in [-0.1, -0.05) is 0 Å². The van der Waals surface area contributed by atoms with Crippen LogP contribution in [0.25, 0.3) is 0 Å². The summed E-state index contributed by atoms with van der Waals surface area (Å²) in [4.78, 5) is 68.6. The van der Waals surface area contributed by atoms with Crippen molar-refractivity contribution in [2.75, 3.05) is 29.0 Å². The number of aromatic carboxylic acids is 1. The van der Waals surface area contributed by atoms with E-state index >= 15 is 0 Å². The Balaban J connectivity index is 1.51. The van der Waals surface area contributed by atoms with Crippen LogP contribution < -0.4 is 32.3 Å². The van der Waals surface area contributed by atoms with Crippen molar-refractivity contribution in [3.8, 4) is 0 Å². The Morgan fingerprint density at radius 3 is 1.88 bits per heavy atom. The molecule has 3 aromatic heterocycles. The summed E-state index contributed by atoms with van der Waals surface area (Å²) in [6.07, 6.45) is 4.29. The summed E-state index contributed by atoms with van der Waals surface area (Å²) in [7, 11) is 4.66. The lowest BCUT2D eigenvalue weighted by Gasteiger charge is -2.06. The van der Waals surface area contributed by atoms with Gasteiger partial charge in [-0.3, -0.25) is 24.6 Å². The van der Waals surface area contributed by atoms with Crippen LogP contribution in [0.3, 0.4) is 0 Å². The molecular formula is C23H30N12O6. The van der Waals surface area contributed by atoms with E-state index in [1.807, 2.05) is 0 Å². The average molecular weight is 571 g/mol. The molecule has 0 bridgehead atoms. The Labute approximate surface area is 232 Å². The zero-order valence-corrected chi connectivity index (χ0v) is 22.4. The number of carboxylic acid groups (broad SMARTS) is 1. The van der Waals surface area contributed by atoms with E-state index in [1.165, 1.54) is 45.4 Å². The Bertz CT molecular complexity index is 1500. The number of nitrogens with zero attached hydrogens (tertiary/aromatic N) is 5. The van der Waals surface area contributed by atoms with Crippen LogP contribution in [-0.4, -0.2) is 77.4 Å². The minimum Gasteiger partial charge on any atom is -0.475 e. The van der Waals surface area contributed by atoms with Crippen LogP contribution in [0, 0.1) is 5.41 Å². The van der Waals surface area contributed by atoms with E-state index in [9.17, 15) is 24.0 Å². The highest BCUT2D eigenvalue weighted by molar-refractivity contribution is 6.03. The zero-order valence-electron chi connectivity index (χ0n) is 22.4. The van der Waals surface area contributed by atoms with Gasteiger partial charge in [0.15, 0.2) is 17.6 Å². The van der Waals surface area contributed by atoms with E-state index in [0.717, 1.165) is 0 Å². The number of carbonyl (C=O) groups excluding carboxylic acids is 4. The second-order valence-corrected chi connectivity index (χ2v) is 8.80. The summed E-state index contributed by atoms with van der Waals surface area (Å²) >= 11 is 0. The molecule has 9 N–H and O–H groups in total. The van der Waals surface area contributed by atoms with Gasteiger partial charge in [-0.25, -0.2) is 14.8 Å². The second-order valence-electron chi connectivity index (χ2n) is 8.80. The highest BCUT2D eigenvalue weighted by Crippen LogP contribution is 2.15. The molecule has 4 amide bonds. The van der Waals surface area contributed by atoms with Crippen LogP contribution in [0.5, 0.6) is 0 Å². The molecule has 3 heterocycles. The van der Waals surface area contributed by atoms with Crippen LogP contribution in [-0.2, 0) is 30.7 Å². The number of carbonyl (C=O) groups is 5. The molecule has 41 heavy (non-hydrogen) atoms. The second kappa shape index (κ2) is 12.9. The molecule has 0 saturated heterocycles.